The number of fused-ring (bicyclic) bond motifs is 3. The summed E-state index contributed by atoms with van der Waals surface area (Å²) in [6.45, 7) is 3.15. The van der Waals surface area contributed by atoms with Gasteiger partial charge in [0.1, 0.15) is 23.0 Å². The summed E-state index contributed by atoms with van der Waals surface area (Å²) < 4.78 is 7.86. The number of ether oxygens (including phenoxy) is 1. The molecule has 0 spiro atoms. The first-order valence-electron chi connectivity index (χ1n) is 10.5. The summed E-state index contributed by atoms with van der Waals surface area (Å²) >= 11 is 3.20. The van der Waals surface area contributed by atoms with Crippen LogP contribution < -0.4 is 10.3 Å². The van der Waals surface area contributed by atoms with Crippen molar-refractivity contribution >= 4 is 33.3 Å². The minimum absolute atomic E-state index is 0.0195. The maximum atomic E-state index is 12.7. The molecule has 0 saturated heterocycles. The topological polar surface area (TPSA) is 85.7 Å². The molecule has 9 heteroatoms. The number of nitrogens with zero attached hydrogens (tertiary/aromatic N) is 4. The molecule has 1 aliphatic carbocycles. The number of nitrogens with one attached hydrogen (secondary N) is 1. The summed E-state index contributed by atoms with van der Waals surface area (Å²) in [5.41, 5.74) is 1.20. The van der Waals surface area contributed by atoms with Crippen LogP contribution in [0.1, 0.15) is 41.9 Å². The van der Waals surface area contributed by atoms with Crippen LogP contribution in [-0.4, -0.2) is 24.7 Å². The van der Waals surface area contributed by atoms with Crippen molar-refractivity contribution in [1.29, 1.82) is 0 Å². The Hall–Kier alpha value is -2.65. The largest absolute Gasteiger partial charge is 0.486 e. The van der Waals surface area contributed by atoms with E-state index in [9.17, 15) is 4.79 Å². The first kappa shape index (κ1) is 20.3. The molecule has 160 valence electrons. The number of rotatable bonds is 7. The maximum Gasteiger partial charge on any atom is 0.259 e. The van der Waals surface area contributed by atoms with Crippen LogP contribution in [0.25, 0.3) is 10.2 Å². The van der Waals surface area contributed by atoms with Crippen molar-refractivity contribution in [1.82, 2.24) is 24.7 Å². The molecular weight excluding hydrogens is 430 g/mol. The minimum atomic E-state index is -0.0195. The van der Waals surface area contributed by atoms with Gasteiger partial charge in [-0.05, 0) is 50.3 Å². The lowest BCUT2D eigenvalue weighted by atomic mass is 9.97. The number of hydrogen-bond donors (Lipinski definition) is 1. The molecular formula is C22H23N5O2S2. The van der Waals surface area contributed by atoms with Crippen molar-refractivity contribution in [3.05, 3.63) is 62.8 Å². The average molecular weight is 454 g/mol. The van der Waals surface area contributed by atoms with Gasteiger partial charge in [0, 0.05) is 11.4 Å². The van der Waals surface area contributed by atoms with Gasteiger partial charge in [-0.1, -0.05) is 30.0 Å². The van der Waals surface area contributed by atoms with Crippen LogP contribution in [0.2, 0.25) is 0 Å². The highest BCUT2D eigenvalue weighted by molar-refractivity contribution is 7.98. The van der Waals surface area contributed by atoms with Crippen LogP contribution >= 0.6 is 23.1 Å². The molecule has 3 heterocycles. The average Bonchev–Trinajstić information content (AvgIpc) is 3.37. The molecule has 7 nitrogen and oxygen atoms in total. The number of para-hydroxylation sites is 1. The summed E-state index contributed by atoms with van der Waals surface area (Å²) in [5, 5.41) is 10.2. The van der Waals surface area contributed by atoms with Gasteiger partial charge in [-0.3, -0.25) is 4.79 Å². The van der Waals surface area contributed by atoms with Crippen LogP contribution in [0.3, 0.4) is 0 Å². The van der Waals surface area contributed by atoms with Crippen LogP contribution in [0.15, 0.2) is 40.3 Å². The fraction of sp³-hybridized carbons (Fsp3) is 0.364. The van der Waals surface area contributed by atoms with Crippen molar-refractivity contribution in [2.75, 3.05) is 0 Å². The first-order valence-corrected chi connectivity index (χ1v) is 12.3. The summed E-state index contributed by atoms with van der Waals surface area (Å²) in [6, 6.07) is 9.68. The molecule has 0 aliphatic heterocycles. The number of benzene rings is 1. The summed E-state index contributed by atoms with van der Waals surface area (Å²) in [6.07, 6.45) is 4.40. The number of aromatic amines is 1. The molecule has 1 aromatic carbocycles. The van der Waals surface area contributed by atoms with E-state index < -0.39 is 0 Å². The van der Waals surface area contributed by atoms with Crippen molar-refractivity contribution in [3.8, 4) is 5.75 Å². The van der Waals surface area contributed by atoms with Gasteiger partial charge in [-0.25, -0.2) is 4.98 Å². The van der Waals surface area contributed by atoms with Gasteiger partial charge in [0.2, 0.25) is 0 Å². The molecule has 3 aromatic heterocycles. The highest BCUT2D eigenvalue weighted by Gasteiger charge is 2.20. The molecule has 31 heavy (non-hydrogen) atoms. The Morgan fingerprint density at radius 2 is 2.03 bits per heavy atom. The van der Waals surface area contributed by atoms with Crippen LogP contribution in [0, 0.1) is 0 Å². The molecule has 0 radical (unpaired) electrons. The van der Waals surface area contributed by atoms with E-state index >= 15 is 0 Å². The molecule has 1 N–H and O–H groups in total. The molecule has 5 rings (SSSR count). The van der Waals surface area contributed by atoms with E-state index in [1.807, 2.05) is 34.9 Å². The van der Waals surface area contributed by atoms with E-state index in [1.54, 1.807) is 11.3 Å². The highest BCUT2D eigenvalue weighted by Crippen LogP contribution is 2.33. The fourth-order valence-corrected chi connectivity index (χ4v) is 6.10. The van der Waals surface area contributed by atoms with Crippen molar-refractivity contribution in [2.24, 2.45) is 0 Å². The predicted molar refractivity (Wildman–Crippen MR) is 123 cm³/mol. The lowest BCUT2D eigenvalue weighted by Crippen LogP contribution is -2.12. The quantitative estimate of drug-likeness (QED) is 0.419. The predicted octanol–water partition coefficient (Wildman–Crippen LogP) is 4.35. The van der Waals surface area contributed by atoms with E-state index in [2.05, 4.69) is 22.1 Å². The maximum absolute atomic E-state index is 12.7. The Kier molecular flexibility index (Phi) is 5.78. The molecule has 0 amide bonds. The molecule has 1 aliphatic rings. The van der Waals surface area contributed by atoms with E-state index in [0.717, 1.165) is 52.8 Å². The molecule has 0 unspecified atom stereocenters. The van der Waals surface area contributed by atoms with Gasteiger partial charge >= 0.3 is 0 Å². The molecule has 0 fully saturated rings. The monoisotopic (exact) mass is 453 g/mol. The normalized spacial score (nSPS) is 13.5. The van der Waals surface area contributed by atoms with Gasteiger partial charge in [0.25, 0.3) is 5.56 Å². The van der Waals surface area contributed by atoms with Crippen LogP contribution in [-0.2, 0) is 31.7 Å². The Bertz CT molecular complexity index is 1260. The number of thiophene rings is 1. The Morgan fingerprint density at radius 3 is 2.87 bits per heavy atom. The highest BCUT2D eigenvalue weighted by atomic mass is 32.2. The summed E-state index contributed by atoms with van der Waals surface area (Å²) in [4.78, 5) is 22.7. The van der Waals surface area contributed by atoms with Crippen LogP contribution in [0.4, 0.5) is 0 Å². The molecule has 0 bridgehead atoms. The smallest absolute Gasteiger partial charge is 0.259 e. The van der Waals surface area contributed by atoms with Gasteiger partial charge in [0.05, 0.1) is 11.1 Å². The van der Waals surface area contributed by atoms with E-state index in [-0.39, 0.29) is 5.56 Å². The van der Waals surface area contributed by atoms with E-state index in [1.165, 1.54) is 28.6 Å². The SMILES string of the molecule is CCn1c(COc2ccccc2)nnc1SCc1nc2sc3c(c2c(=O)[nH]1)CCCC3. The van der Waals surface area contributed by atoms with Gasteiger partial charge < -0.3 is 14.3 Å². The first-order chi connectivity index (χ1) is 15.2. The second-order valence-corrected chi connectivity index (χ2v) is 9.46. The van der Waals surface area contributed by atoms with Crippen molar-refractivity contribution in [3.63, 3.8) is 0 Å². The summed E-state index contributed by atoms with van der Waals surface area (Å²) in [7, 11) is 0. The number of aryl methyl sites for hydroxylation is 2. The minimum Gasteiger partial charge on any atom is -0.486 e. The Labute approximate surface area is 187 Å². The zero-order valence-corrected chi connectivity index (χ0v) is 18.9. The van der Waals surface area contributed by atoms with Gasteiger partial charge in [-0.15, -0.1) is 21.5 Å². The lowest BCUT2D eigenvalue weighted by Gasteiger charge is -2.09. The second-order valence-electron chi connectivity index (χ2n) is 7.44. The molecule has 0 atom stereocenters. The van der Waals surface area contributed by atoms with Gasteiger partial charge in [-0.2, -0.15) is 0 Å². The third kappa shape index (κ3) is 4.12. The van der Waals surface area contributed by atoms with Crippen LogP contribution in [0.5, 0.6) is 5.75 Å². The molecule has 4 aromatic rings. The van der Waals surface area contributed by atoms with Crippen molar-refractivity contribution < 1.29 is 4.74 Å². The van der Waals surface area contributed by atoms with E-state index in [4.69, 9.17) is 9.72 Å². The number of H-pyrrole nitrogens is 1. The number of hydrogen-bond acceptors (Lipinski definition) is 7. The number of thioether (sulfide) groups is 1. The number of aromatic nitrogens is 5. The fourth-order valence-electron chi connectivity index (χ4n) is 3.92. The third-order valence-corrected chi connectivity index (χ3v) is 7.60. The van der Waals surface area contributed by atoms with E-state index in [0.29, 0.717) is 18.2 Å². The Morgan fingerprint density at radius 1 is 1.19 bits per heavy atom. The Balaban J connectivity index is 1.32. The summed E-state index contributed by atoms with van der Waals surface area (Å²) in [5.74, 6) is 2.78. The zero-order chi connectivity index (χ0) is 21.2. The second kappa shape index (κ2) is 8.84. The lowest BCUT2D eigenvalue weighted by molar-refractivity contribution is 0.288. The van der Waals surface area contributed by atoms with Crippen molar-refractivity contribution in [2.45, 2.75) is 56.7 Å². The molecule has 0 saturated carbocycles. The third-order valence-electron chi connectivity index (χ3n) is 5.43. The standard InChI is InChI=1S/C22H23N5O2S2/c1-2-27-18(12-29-14-8-4-3-5-9-14)25-26-22(27)30-13-17-23-20(28)19-15-10-6-7-11-16(15)31-21(19)24-17/h3-5,8-9H,2,6-7,10-13H2,1H3,(H,23,24,28). The zero-order valence-electron chi connectivity index (χ0n) is 17.3. The van der Waals surface area contributed by atoms with Gasteiger partial charge in [0.15, 0.2) is 11.0 Å².